The van der Waals surface area contributed by atoms with Crippen LogP contribution in [-0.2, 0) is 21.2 Å². The standard InChI is InChI=1S/C17H28N2O3S/c1-7-15-8-10-16(11-9-15)19(23(6,21)22)14(5)17(20)18-13(4)12(2)3/h8-14H,7H2,1-6H3,(H,18,20)/t13-,14+/m0/s1. The van der Waals surface area contributed by atoms with Gasteiger partial charge in [0, 0.05) is 6.04 Å². The third-order valence-corrected chi connectivity index (χ3v) is 5.30. The van der Waals surface area contributed by atoms with E-state index in [2.05, 4.69) is 5.32 Å². The van der Waals surface area contributed by atoms with Crippen LogP contribution in [0.5, 0.6) is 0 Å². The number of anilines is 1. The van der Waals surface area contributed by atoms with Gasteiger partial charge in [0.05, 0.1) is 11.9 Å². The summed E-state index contributed by atoms with van der Waals surface area (Å²) < 4.78 is 25.6. The Hall–Kier alpha value is -1.56. The molecular weight excluding hydrogens is 312 g/mol. The highest BCUT2D eigenvalue weighted by Crippen LogP contribution is 2.22. The molecular formula is C17H28N2O3S. The Morgan fingerprint density at radius 3 is 2.04 bits per heavy atom. The van der Waals surface area contributed by atoms with Crippen molar-refractivity contribution in [2.45, 2.75) is 53.1 Å². The highest BCUT2D eigenvalue weighted by Gasteiger charge is 2.29. The number of nitrogens with zero attached hydrogens (tertiary/aromatic N) is 1. The average molecular weight is 340 g/mol. The van der Waals surface area contributed by atoms with Crippen LogP contribution < -0.4 is 9.62 Å². The van der Waals surface area contributed by atoms with Gasteiger partial charge in [-0.2, -0.15) is 0 Å². The predicted octanol–water partition coefficient (Wildman–Crippen LogP) is 2.56. The van der Waals surface area contributed by atoms with Crippen LogP contribution in [0.15, 0.2) is 24.3 Å². The number of carbonyl (C=O) groups excluding carboxylic acids is 1. The van der Waals surface area contributed by atoms with Crippen LogP contribution in [0, 0.1) is 5.92 Å². The monoisotopic (exact) mass is 340 g/mol. The van der Waals surface area contributed by atoms with Crippen molar-refractivity contribution in [3.05, 3.63) is 29.8 Å². The van der Waals surface area contributed by atoms with E-state index in [1.54, 1.807) is 19.1 Å². The first-order valence-electron chi connectivity index (χ1n) is 7.96. The van der Waals surface area contributed by atoms with Gasteiger partial charge >= 0.3 is 0 Å². The number of hydrogen-bond donors (Lipinski definition) is 1. The zero-order chi connectivity index (χ0) is 17.8. The molecule has 0 spiro atoms. The van der Waals surface area contributed by atoms with Crippen molar-refractivity contribution in [3.8, 4) is 0 Å². The van der Waals surface area contributed by atoms with Gasteiger partial charge in [-0.25, -0.2) is 8.42 Å². The van der Waals surface area contributed by atoms with Gasteiger partial charge in [0.15, 0.2) is 0 Å². The molecule has 0 aliphatic heterocycles. The summed E-state index contributed by atoms with van der Waals surface area (Å²) in [5, 5.41) is 2.88. The van der Waals surface area contributed by atoms with Crippen LogP contribution in [0.4, 0.5) is 5.69 Å². The number of carbonyl (C=O) groups is 1. The van der Waals surface area contributed by atoms with Gasteiger partial charge in [-0.05, 0) is 43.9 Å². The summed E-state index contributed by atoms with van der Waals surface area (Å²) in [6.07, 6.45) is 2.00. The minimum atomic E-state index is -3.57. The molecule has 0 fully saturated rings. The lowest BCUT2D eigenvalue weighted by atomic mass is 10.1. The van der Waals surface area contributed by atoms with Gasteiger partial charge in [0.1, 0.15) is 6.04 Å². The van der Waals surface area contributed by atoms with Crippen molar-refractivity contribution in [2.75, 3.05) is 10.6 Å². The van der Waals surface area contributed by atoms with Gasteiger partial charge in [-0.3, -0.25) is 9.10 Å². The lowest BCUT2D eigenvalue weighted by Crippen LogP contribution is -2.50. The molecule has 0 saturated carbocycles. The molecule has 1 amide bonds. The molecule has 0 radical (unpaired) electrons. The Morgan fingerprint density at radius 2 is 1.65 bits per heavy atom. The Morgan fingerprint density at radius 1 is 1.13 bits per heavy atom. The van der Waals surface area contributed by atoms with E-state index in [0.29, 0.717) is 5.69 Å². The topological polar surface area (TPSA) is 66.5 Å². The van der Waals surface area contributed by atoms with E-state index in [-0.39, 0.29) is 17.9 Å². The maximum Gasteiger partial charge on any atom is 0.243 e. The summed E-state index contributed by atoms with van der Waals surface area (Å²) in [7, 11) is -3.57. The van der Waals surface area contributed by atoms with Crippen LogP contribution in [0.2, 0.25) is 0 Å². The molecule has 0 unspecified atom stereocenters. The first kappa shape index (κ1) is 19.5. The molecule has 0 saturated heterocycles. The fourth-order valence-electron chi connectivity index (χ4n) is 2.20. The number of aryl methyl sites for hydroxylation is 1. The van der Waals surface area contributed by atoms with Crippen LogP contribution in [0.25, 0.3) is 0 Å². The van der Waals surface area contributed by atoms with Crippen LogP contribution in [-0.4, -0.2) is 32.7 Å². The maximum atomic E-state index is 12.4. The first-order chi connectivity index (χ1) is 10.6. The number of amides is 1. The van der Waals surface area contributed by atoms with Crippen molar-refractivity contribution in [1.29, 1.82) is 0 Å². The van der Waals surface area contributed by atoms with Crippen LogP contribution in [0.1, 0.15) is 40.2 Å². The smallest absolute Gasteiger partial charge is 0.243 e. The molecule has 23 heavy (non-hydrogen) atoms. The van der Waals surface area contributed by atoms with Crippen molar-refractivity contribution < 1.29 is 13.2 Å². The van der Waals surface area contributed by atoms with Crippen LogP contribution >= 0.6 is 0 Å². The molecule has 1 aromatic rings. The highest BCUT2D eigenvalue weighted by atomic mass is 32.2. The van der Waals surface area contributed by atoms with Gasteiger partial charge in [-0.1, -0.05) is 32.9 Å². The molecule has 130 valence electrons. The zero-order valence-electron chi connectivity index (χ0n) is 14.8. The van der Waals surface area contributed by atoms with E-state index in [1.165, 1.54) is 4.31 Å². The fraction of sp³-hybridized carbons (Fsp3) is 0.588. The Balaban J connectivity index is 3.09. The molecule has 2 atom stereocenters. The quantitative estimate of drug-likeness (QED) is 0.829. The van der Waals surface area contributed by atoms with Crippen molar-refractivity contribution in [1.82, 2.24) is 5.32 Å². The van der Waals surface area contributed by atoms with E-state index in [9.17, 15) is 13.2 Å². The Bertz CT molecular complexity index is 624. The third-order valence-electron chi connectivity index (χ3n) is 4.06. The summed E-state index contributed by atoms with van der Waals surface area (Å²) in [5.41, 5.74) is 1.62. The summed E-state index contributed by atoms with van der Waals surface area (Å²) in [6, 6.07) is 6.43. The van der Waals surface area contributed by atoms with Gasteiger partial charge in [0.25, 0.3) is 0 Å². The van der Waals surface area contributed by atoms with E-state index < -0.39 is 16.1 Å². The fourth-order valence-corrected chi connectivity index (χ4v) is 3.37. The molecule has 0 aliphatic rings. The third kappa shape index (κ3) is 5.23. The molecule has 1 N–H and O–H groups in total. The van der Waals surface area contributed by atoms with Crippen LogP contribution in [0.3, 0.4) is 0 Å². The van der Waals surface area contributed by atoms with Crippen molar-refractivity contribution >= 4 is 21.6 Å². The molecule has 0 aliphatic carbocycles. The summed E-state index contributed by atoms with van der Waals surface area (Å²) >= 11 is 0. The lowest BCUT2D eigenvalue weighted by Gasteiger charge is -2.30. The molecule has 1 rings (SSSR count). The summed E-state index contributed by atoms with van der Waals surface area (Å²) in [4.78, 5) is 12.4. The maximum absolute atomic E-state index is 12.4. The molecule has 0 bridgehead atoms. The second-order valence-corrected chi connectivity index (χ2v) is 8.16. The molecule has 0 heterocycles. The SMILES string of the molecule is CCc1ccc(N([C@H](C)C(=O)N[C@@H](C)C(C)C)S(C)(=O)=O)cc1. The van der Waals surface area contributed by atoms with Gasteiger partial charge in [-0.15, -0.1) is 0 Å². The number of nitrogens with one attached hydrogen (secondary N) is 1. The minimum Gasteiger partial charge on any atom is -0.352 e. The van der Waals surface area contributed by atoms with E-state index >= 15 is 0 Å². The number of sulfonamides is 1. The van der Waals surface area contributed by atoms with Crippen molar-refractivity contribution in [3.63, 3.8) is 0 Å². The normalized spacial score (nSPS) is 14.4. The molecule has 0 aromatic heterocycles. The first-order valence-corrected chi connectivity index (χ1v) is 9.81. The zero-order valence-corrected chi connectivity index (χ0v) is 15.6. The molecule has 6 heteroatoms. The largest absolute Gasteiger partial charge is 0.352 e. The number of rotatable bonds is 7. The number of hydrogen-bond acceptors (Lipinski definition) is 3. The Kier molecular flexibility index (Phi) is 6.62. The minimum absolute atomic E-state index is 0.0196. The lowest BCUT2D eigenvalue weighted by molar-refractivity contribution is -0.122. The Labute approximate surface area is 140 Å². The van der Waals surface area contributed by atoms with Gasteiger partial charge < -0.3 is 5.32 Å². The molecule has 5 nitrogen and oxygen atoms in total. The van der Waals surface area contributed by atoms with E-state index in [1.807, 2.05) is 39.8 Å². The highest BCUT2D eigenvalue weighted by molar-refractivity contribution is 7.92. The van der Waals surface area contributed by atoms with Gasteiger partial charge in [0.2, 0.25) is 15.9 Å². The predicted molar refractivity (Wildman–Crippen MR) is 95.0 cm³/mol. The second-order valence-electron chi connectivity index (χ2n) is 6.30. The van der Waals surface area contributed by atoms with E-state index in [4.69, 9.17) is 0 Å². The summed E-state index contributed by atoms with van der Waals surface area (Å²) in [5.74, 6) is -0.0159. The second kappa shape index (κ2) is 7.81. The summed E-state index contributed by atoms with van der Waals surface area (Å²) in [6.45, 7) is 9.57. The molecule has 1 aromatic carbocycles. The number of benzene rings is 1. The average Bonchev–Trinajstić information content (AvgIpc) is 2.46. The van der Waals surface area contributed by atoms with Crippen molar-refractivity contribution in [2.24, 2.45) is 5.92 Å². The van der Waals surface area contributed by atoms with E-state index in [0.717, 1.165) is 18.2 Å².